The number of hydrogen-bond donors (Lipinski definition) is 1. The average molecular weight is 174 g/mol. The minimum atomic E-state index is 0.418. The van der Waals surface area contributed by atoms with Gasteiger partial charge in [0.2, 0.25) is 0 Å². The van der Waals surface area contributed by atoms with Crippen molar-refractivity contribution in [2.45, 2.75) is 26.3 Å². The van der Waals surface area contributed by atoms with Crippen molar-refractivity contribution in [2.75, 3.05) is 5.32 Å². The number of fused-ring (bicyclic) bond motifs is 1. The molecule has 0 spiro atoms. The van der Waals surface area contributed by atoms with E-state index in [0.717, 1.165) is 17.8 Å². The Morgan fingerprint density at radius 1 is 1.54 bits per heavy atom. The van der Waals surface area contributed by atoms with Gasteiger partial charge in [0.15, 0.2) is 0 Å². The fourth-order valence-corrected chi connectivity index (χ4v) is 1.49. The molecule has 2 nitrogen and oxygen atoms in total. The Bertz CT molecular complexity index is 342. The molecular weight excluding hydrogens is 160 g/mol. The van der Waals surface area contributed by atoms with Crippen molar-refractivity contribution in [3.63, 3.8) is 0 Å². The summed E-state index contributed by atoms with van der Waals surface area (Å²) < 4.78 is 0. The zero-order valence-corrected chi connectivity index (χ0v) is 8.04. The van der Waals surface area contributed by atoms with Crippen molar-refractivity contribution < 1.29 is 0 Å². The van der Waals surface area contributed by atoms with Crippen LogP contribution in [0.15, 0.2) is 18.3 Å². The number of nitrogens with one attached hydrogen (secondary N) is 1. The van der Waals surface area contributed by atoms with Gasteiger partial charge in [0.1, 0.15) is 0 Å². The van der Waals surface area contributed by atoms with Crippen molar-refractivity contribution in [3.05, 3.63) is 29.6 Å². The maximum absolute atomic E-state index is 4.38. The quantitative estimate of drug-likeness (QED) is 0.707. The lowest BCUT2D eigenvalue weighted by atomic mass is 10.1. The van der Waals surface area contributed by atoms with E-state index in [2.05, 4.69) is 42.4 Å². The van der Waals surface area contributed by atoms with Gasteiger partial charge >= 0.3 is 0 Å². The summed E-state index contributed by atoms with van der Waals surface area (Å²) in [4.78, 5) is 4.38. The van der Waals surface area contributed by atoms with E-state index >= 15 is 0 Å². The number of nitrogens with zero attached hydrogens (tertiary/aromatic N) is 1. The predicted molar refractivity (Wildman–Crippen MR) is 55.7 cm³/mol. The Morgan fingerprint density at radius 2 is 2.38 bits per heavy atom. The highest BCUT2D eigenvalue weighted by atomic mass is 14.9. The molecule has 1 aliphatic heterocycles. The molecule has 2 heterocycles. The van der Waals surface area contributed by atoms with Gasteiger partial charge in [-0.2, -0.15) is 0 Å². The second kappa shape index (κ2) is 3.21. The highest BCUT2D eigenvalue weighted by Crippen LogP contribution is 2.21. The van der Waals surface area contributed by atoms with Gasteiger partial charge < -0.3 is 5.32 Å². The molecule has 1 aromatic rings. The number of aryl methyl sites for hydroxylation is 1. The van der Waals surface area contributed by atoms with E-state index in [1.807, 2.05) is 6.20 Å². The second-order valence-electron chi connectivity index (χ2n) is 3.42. The molecule has 2 heteroatoms. The van der Waals surface area contributed by atoms with Crippen LogP contribution in [0.2, 0.25) is 0 Å². The molecule has 68 valence electrons. The van der Waals surface area contributed by atoms with Crippen LogP contribution in [-0.4, -0.2) is 11.0 Å². The highest BCUT2D eigenvalue weighted by Gasteiger charge is 2.09. The Morgan fingerprint density at radius 3 is 3.15 bits per heavy atom. The lowest BCUT2D eigenvalue weighted by Gasteiger charge is -2.18. The van der Waals surface area contributed by atoms with Gasteiger partial charge in [0.25, 0.3) is 0 Å². The first kappa shape index (κ1) is 8.30. The molecule has 0 radical (unpaired) electrons. The third kappa shape index (κ3) is 1.57. The standard InChI is InChI=1S/C11H14N2/c1-3-9-6-11-10(12-7-9)5-4-8(2)13-11/h4-8,13H,3H2,1-2H3. The summed E-state index contributed by atoms with van der Waals surface area (Å²) in [6.07, 6.45) is 7.19. The van der Waals surface area contributed by atoms with E-state index in [1.165, 1.54) is 5.56 Å². The Balaban J connectivity index is 2.40. The maximum Gasteiger partial charge on any atom is 0.0858 e. The molecule has 0 saturated heterocycles. The molecule has 0 amide bonds. The Labute approximate surface area is 78.7 Å². The second-order valence-corrected chi connectivity index (χ2v) is 3.42. The molecule has 1 N–H and O–H groups in total. The van der Waals surface area contributed by atoms with E-state index < -0.39 is 0 Å². The monoisotopic (exact) mass is 174 g/mol. The lowest BCUT2D eigenvalue weighted by Crippen LogP contribution is -2.16. The summed E-state index contributed by atoms with van der Waals surface area (Å²) in [6, 6.07) is 2.60. The summed E-state index contributed by atoms with van der Waals surface area (Å²) in [5.74, 6) is 0. The third-order valence-electron chi connectivity index (χ3n) is 2.31. The van der Waals surface area contributed by atoms with Crippen molar-refractivity contribution in [1.29, 1.82) is 0 Å². The number of rotatable bonds is 1. The Kier molecular flexibility index (Phi) is 2.05. The van der Waals surface area contributed by atoms with Crippen LogP contribution in [0.3, 0.4) is 0 Å². The normalized spacial score (nSPS) is 19.4. The number of aromatic nitrogens is 1. The predicted octanol–water partition coefficient (Wildman–Crippen LogP) is 2.47. The molecule has 1 unspecified atom stereocenters. The maximum atomic E-state index is 4.38. The van der Waals surface area contributed by atoms with Crippen LogP contribution in [0.5, 0.6) is 0 Å². The van der Waals surface area contributed by atoms with Crippen molar-refractivity contribution in [2.24, 2.45) is 0 Å². The summed E-state index contributed by atoms with van der Waals surface area (Å²) in [7, 11) is 0. The molecule has 0 saturated carbocycles. The van der Waals surface area contributed by atoms with Crippen LogP contribution in [-0.2, 0) is 6.42 Å². The van der Waals surface area contributed by atoms with E-state index in [-0.39, 0.29) is 0 Å². The summed E-state index contributed by atoms with van der Waals surface area (Å²) in [5.41, 5.74) is 3.50. The smallest absolute Gasteiger partial charge is 0.0858 e. The zero-order valence-electron chi connectivity index (χ0n) is 8.04. The van der Waals surface area contributed by atoms with E-state index in [9.17, 15) is 0 Å². The summed E-state index contributed by atoms with van der Waals surface area (Å²) in [5, 5.41) is 3.39. The molecule has 0 bridgehead atoms. The third-order valence-corrected chi connectivity index (χ3v) is 2.31. The molecule has 1 aliphatic rings. The van der Waals surface area contributed by atoms with Crippen molar-refractivity contribution in [3.8, 4) is 0 Å². The molecular formula is C11H14N2. The number of hydrogen-bond acceptors (Lipinski definition) is 2. The zero-order chi connectivity index (χ0) is 9.26. The SMILES string of the molecule is CCc1cnc2c(c1)NC(C)C=C2. The number of anilines is 1. The van der Waals surface area contributed by atoms with Gasteiger partial charge in [-0.1, -0.05) is 13.0 Å². The Hall–Kier alpha value is -1.31. The molecule has 0 fully saturated rings. The fraction of sp³-hybridized carbons (Fsp3) is 0.364. The van der Waals surface area contributed by atoms with Gasteiger partial charge in [-0.25, -0.2) is 0 Å². The van der Waals surface area contributed by atoms with Crippen LogP contribution in [0.4, 0.5) is 5.69 Å². The van der Waals surface area contributed by atoms with Gasteiger partial charge in [0.05, 0.1) is 11.4 Å². The lowest BCUT2D eigenvalue weighted by molar-refractivity contribution is 0.975. The van der Waals surface area contributed by atoms with Gasteiger partial charge in [-0.05, 0) is 31.1 Å². The molecule has 0 aliphatic carbocycles. The topological polar surface area (TPSA) is 24.9 Å². The molecule has 1 aromatic heterocycles. The first-order valence-electron chi connectivity index (χ1n) is 4.73. The first-order chi connectivity index (χ1) is 6.29. The summed E-state index contributed by atoms with van der Waals surface area (Å²) in [6.45, 7) is 4.28. The minimum absolute atomic E-state index is 0.418. The van der Waals surface area contributed by atoms with Gasteiger partial charge in [-0.3, -0.25) is 4.98 Å². The molecule has 1 atom stereocenters. The van der Waals surface area contributed by atoms with Gasteiger partial charge in [0, 0.05) is 12.2 Å². The van der Waals surface area contributed by atoms with Crippen molar-refractivity contribution in [1.82, 2.24) is 4.98 Å². The molecule has 2 rings (SSSR count). The fourth-order valence-electron chi connectivity index (χ4n) is 1.49. The van der Waals surface area contributed by atoms with E-state index in [0.29, 0.717) is 6.04 Å². The minimum Gasteiger partial charge on any atom is -0.377 e. The molecule has 0 aromatic carbocycles. The van der Waals surface area contributed by atoms with E-state index in [1.54, 1.807) is 0 Å². The van der Waals surface area contributed by atoms with Crippen LogP contribution < -0.4 is 5.32 Å². The van der Waals surface area contributed by atoms with Crippen LogP contribution in [0, 0.1) is 0 Å². The van der Waals surface area contributed by atoms with E-state index in [4.69, 9.17) is 0 Å². The average Bonchev–Trinajstić information content (AvgIpc) is 2.16. The van der Waals surface area contributed by atoms with Crippen LogP contribution in [0.1, 0.15) is 25.1 Å². The first-order valence-corrected chi connectivity index (χ1v) is 4.73. The highest BCUT2D eigenvalue weighted by molar-refractivity contribution is 5.68. The van der Waals surface area contributed by atoms with Gasteiger partial charge in [-0.15, -0.1) is 0 Å². The summed E-state index contributed by atoms with van der Waals surface area (Å²) >= 11 is 0. The molecule has 13 heavy (non-hydrogen) atoms. The van der Waals surface area contributed by atoms with Crippen molar-refractivity contribution >= 4 is 11.8 Å². The largest absolute Gasteiger partial charge is 0.377 e. The van der Waals surface area contributed by atoms with Crippen LogP contribution in [0.25, 0.3) is 6.08 Å². The van der Waals surface area contributed by atoms with Crippen LogP contribution >= 0.6 is 0 Å². The number of pyridine rings is 1.